The number of nitrogens with one attached hydrogen (secondary N) is 2. The summed E-state index contributed by atoms with van der Waals surface area (Å²) in [5.41, 5.74) is 0.255. The normalized spacial score (nSPS) is 17.6. The molecule has 120 valence electrons. The summed E-state index contributed by atoms with van der Waals surface area (Å²) >= 11 is 0. The van der Waals surface area contributed by atoms with Crippen LogP contribution in [0.4, 0.5) is 0 Å². The first kappa shape index (κ1) is 17.9. The molecule has 0 unspecified atom stereocenters. The summed E-state index contributed by atoms with van der Waals surface area (Å²) in [4.78, 5) is 0. The maximum atomic E-state index is 12.1. The zero-order valence-electron chi connectivity index (χ0n) is 13.2. The Morgan fingerprint density at radius 1 is 1.15 bits per heavy atom. The molecule has 5 nitrogen and oxygen atoms in total. The molecule has 0 aromatic heterocycles. The fourth-order valence-electron chi connectivity index (χ4n) is 2.43. The topological polar surface area (TPSA) is 61.4 Å². The fraction of sp³-hybridized carbons (Fsp3) is 1.00. The third-order valence-electron chi connectivity index (χ3n) is 4.03. The maximum Gasteiger partial charge on any atom is 0.279 e. The van der Waals surface area contributed by atoms with Crippen LogP contribution >= 0.6 is 0 Å². The first-order valence-corrected chi connectivity index (χ1v) is 9.31. The molecule has 1 aliphatic rings. The van der Waals surface area contributed by atoms with Crippen LogP contribution in [-0.2, 0) is 10.2 Å². The SMILES string of the molecule is CCCNCCCN(C)S(=O)(=O)NCC1(CCC)CC1. The van der Waals surface area contributed by atoms with Crippen molar-refractivity contribution in [1.29, 1.82) is 0 Å². The van der Waals surface area contributed by atoms with Crippen LogP contribution in [0.3, 0.4) is 0 Å². The molecule has 0 bridgehead atoms. The number of rotatable bonds is 12. The van der Waals surface area contributed by atoms with Gasteiger partial charge in [0.15, 0.2) is 0 Å². The minimum atomic E-state index is -3.31. The third kappa shape index (κ3) is 6.08. The second-order valence-corrected chi connectivity index (χ2v) is 7.86. The molecule has 0 aromatic rings. The molecule has 2 N–H and O–H groups in total. The number of hydrogen-bond donors (Lipinski definition) is 2. The van der Waals surface area contributed by atoms with Gasteiger partial charge >= 0.3 is 0 Å². The molecular weight excluding hydrogens is 274 g/mol. The van der Waals surface area contributed by atoms with Gasteiger partial charge in [-0.1, -0.05) is 20.3 Å². The Labute approximate surface area is 124 Å². The Morgan fingerprint density at radius 2 is 1.85 bits per heavy atom. The molecule has 20 heavy (non-hydrogen) atoms. The van der Waals surface area contributed by atoms with Crippen LogP contribution in [-0.4, -0.2) is 45.9 Å². The highest BCUT2D eigenvalue weighted by Crippen LogP contribution is 2.49. The van der Waals surface area contributed by atoms with E-state index in [1.54, 1.807) is 7.05 Å². The van der Waals surface area contributed by atoms with Gasteiger partial charge in [0, 0.05) is 20.1 Å². The first-order valence-electron chi connectivity index (χ1n) is 7.87. The molecule has 1 fully saturated rings. The number of nitrogens with zero attached hydrogens (tertiary/aromatic N) is 1. The molecule has 0 aliphatic heterocycles. The summed E-state index contributed by atoms with van der Waals surface area (Å²) in [6.45, 7) is 7.30. The summed E-state index contributed by atoms with van der Waals surface area (Å²) in [5, 5.41) is 3.28. The molecule has 6 heteroatoms. The largest absolute Gasteiger partial charge is 0.317 e. The quantitative estimate of drug-likeness (QED) is 0.540. The van der Waals surface area contributed by atoms with E-state index in [-0.39, 0.29) is 5.41 Å². The van der Waals surface area contributed by atoms with Gasteiger partial charge in [-0.2, -0.15) is 12.7 Å². The summed E-state index contributed by atoms with van der Waals surface area (Å²) in [6.07, 6.45) is 6.52. The maximum absolute atomic E-state index is 12.1. The Bertz CT molecular complexity index is 367. The summed E-state index contributed by atoms with van der Waals surface area (Å²) in [7, 11) is -1.65. The molecule has 0 aromatic carbocycles. The Hall–Kier alpha value is -0.170. The average molecular weight is 305 g/mol. The molecule has 0 amide bonds. The van der Waals surface area contributed by atoms with Crippen molar-refractivity contribution in [1.82, 2.24) is 14.3 Å². The van der Waals surface area contributed by atoms with E-state index in [0.29, 0.717) is 13.1 Å². The van der Waals surface area contributed by atoms with E-state index < -0.39 is 10.2 Å². The van der Waals surface area contributed by atoms with Gasteiger partial charge in [0.2, 0.25) is 0 Å². The highest BCUT2D eigenvalue weighted by Gasteiger charge is 2.42. The van der Waals surface area contributed by atoms with Gasteiger partial charge in [-0.15, -0.1) is 0 Å². The second kappa shape index (κ2) is 8.32. The van der Waals surface area contributed by atoms with Crippen molar-refractivity contribution in [2.24, 2.45) is 5.41 Å². The van der Waals surface area contributed by atoms with Crippen molar-refractivity contribution in [3.8, 4) is 0 Å². The van der Waals surface area contributed by atoms with E-state index in [2.05, 4.69) is 23.9 Å². The standard InChI is InChI=1S/C14H31N3O2S/c1-4-7-14(8-9-14)13-16-20(18,19)17(3)12-6-11-15-10-5-2/h15-16H,4-13H2,1-3H3. The van der Waals surface area contributed by atoms with Crippen molar-refractivity contribution >= 4 is 10.2 Å². The van der Waals surface area contributed by atoms with Crippen molar-refractivity contribution in [3.63, 3.8) is 0 Å². The average Bonchev–Trinajstić information content (AvgIpc) is 3.17. The van der Waals surface area contributed by atoms with Gasteiger partial charge in [-0.25, -0.2) is 4.72 Å². The van der Waals surface area contributed by atoms with Crippen LogP contribution in [0.25, 0.3) is 0 Å². The summed E-state index contributed by atoms with van der Waals surface area (Å²) in [6, 6.07) is 0. The highest BCUT2D eigenvalue weighted by molar-refractivity contribution is 7.87. The molecule has 1 saturated carbocycles. The van der Waals surface area contributed by atoms with Crippen molar-refractivity contribution in [3.05, 3.63) is 0 Å². The van der Waals surface area contributed by atoms with Crippen LogP contribution in [0.5, 0.6) is 0 Å². The molecule has 0 atom stereocenters. The smallest absolute Gasteiger partial charge is 0.279 e. The highest BCUT2D eigenvalue weighted by atomic mass is 32.2. The lowest BCUT2D eigenvalue weighted by Crippen LogP contribution is -2.41. The van der Waals surface area contributed by atoms with Crippen LogP contribution < -0.4 is 10.0 Å². The van der Waals surface area contributed by atoms with E-state index in [0.717, 1.165) is 51.6 Å². The van der Waals surface area contributed by atoms with Gasteiger partial charge < -0.3 is 5.32 Å². The molecule has 1 rings (SSSR count). The molecule has 0 radical (unpaired) electrons. The molecule has 0 spiro atoms. The van der Waals surface area contributed by atoms with Gasteiger partial charge in [-0.3, -0.25) is 0 Å². The Kier molecular flexibility index (Phi) is 7.43. The first-order chi connectivity index (χ1) is 9.46. The molecule has 0 saturated heterocycles. The van der Waals surface area contributed by atoms with Crippen LogP contribution in [0.15, 0.2) is 0 Å². The third-order valence-corrected chi connectivity index (χ3v) is 5.54. The van der Waals surface area contributed by atoms with Gasteiger partial charge in [0.05, 0.1) is 0 Å². The zero-order chi connectivity index (χ0) is 15.1. The minimum absolute atomic E-state index is 0.255. The monoisotopic (exact) mass is 305 g/mol. The van der Waals surface area contributed by atoms with Gasteiger partial charge in [0.25, 0.3) is 10.2 Å². The van der Waals surface area contributed by atoms with E-state index in [1.165, 1.54) is 4.31 Å². The van der Waals surface area contributed by atoms with Crippen molar-refractivity contribution < 1.29 is 8.42 Å². The summed E-state index contributed by atoms with van der Waals surface area (Å²) < 4.78 is 28.5. The van der Waals surface area contributed by atoms with Gasteiger partial charge in [0.1, 0.15) is 0 Å². The van der Waals surface area contributed by atoms with Crippen molar-refractivity contribution in [2.45, 2.75) is 52.4 Å². The Balaban J connectivity index is 2.25. The van der Waals surface area contributed by atoms with E-state index in [9.17, 15) is 8.42 Å². The molecule has 1 aliphatic carbocycles. The van der Waals surface area contributed by atoms with Crippen LogP contribution in [0.1, 0.15) is 52.4 Å². The lowest BCUT2D eigenvalue weighted by molar-refractivity contribution is 0.416. The Morgan fingerprint density at radius 3 is 2.40 bits per heavy atom. The van der Waals surface area contributed by atoms with E-state index in [4.69, 9.17) is 0 Å². The minimum Gasteiger partial charge on any atom is -0.317 e. The van der Waals surface area contributed by atoms with Crippen molar-refractivity contribution in [2.75, 3.05) is 33.2 Å². The van der Waals surface area contributed by atoms with Crippen LogP contribution in [0.2, 0.25) is 0 Å². The van der Waals surface area contributed by atoms with Crippen LogP contribution in [0, 0.1) is 5.41 Å². The van der Waals surface area contributed by atoms with E-state index >= 15 is 0 Å². The summed E-state index contributed by atoms with van der Waals surface area (Å²) in [5.74, 6) is 0. The van der Waals surface area contributed by atoms with E-state index in [1.807, 2.05) is 0 Å². The van der Waals surface area contributed by atoms with Gasteiger partial charge in [-0.05, 0) is 50.6 Å². The second-order valence-electron chi connectivity index (χ2n) is 6.00. The molecule has 0 heterocycles. The lowest BCUT2D eigenvalue weighted by atomic mass is 10.0. The zero-order valence-corrected chi connectivity index (χ0v) is 14.1. The predicted molar refractivity (Wildman–Crippen MR) is 83.9 cm³/mol. The fourth-order valence-corrected chi connectivity index (χ4v) is 3.50. The molecular formula is C14H31N3O2S. The predicted octanol–water partition coefficient (Wildman–Crippen LogP) is 1.72. The lowest BCUT2D eigenvalue weighted by Gasteiger charge is -2.20. The number of hydrogen-bond acceptors (Lipinski definition) is 3.